The van der Waals surface area contributed by atoms with Gasteiger partial charge in [0.15, 0.2) is 23.2 Å². The zero-order valence-corrected chi connectivity index (χ0v) is 24.0. The molecule has 4 aromatic rings. The lowest BCUT2D eigenvalue weighted by Crippen LogP contribution is -2.25. The van der Waals surface area contributed by atoms with Gasteiger partial charge in [-0.15, -0.1) is 0 Å². The minimum Gasteiger partial charge on any atom is -0.493 e. The molecule has 1 aliphatic rings. The van der Waals surface area contributed by atoms with E-state index in [9.17, 15) is 24.0 Å². The second-order valence-electron chi connectivity index (χ2n) is 10.4. The molecule has 0 atom stereocenters. The number of unbranched alkanes of at least 4 members (excludes halogenated alkanes) is 2. The lowest BCUT2D eigenvalue weighted by atomic mass is 9.82. The van der Waals surface area contributed by atoms with Crippen LogP contribution in [0.4, 0.5) is 5.69 Å². The van der Waals surface area contributed by atoms with Crippen LogP contribution in [0.3, 0.4) is 0 Å². The van der Waals surface area contributed by atoms with Crippen LogP contribution in [0.15, 0.2) is 91.0 Å². The van der Waals surface area contributed by atoms with E-state index in [2.05, 4.69) is 5.32 Å². The van der Waals surface area contributed by atoms with E-state index >= 15 is 0 Å². The highest BCUT2D eigenvalue weighted by atomic mass is 16.5. The van der Waals surface area contributed by atoms with Crippen LogP contribution >= 0.6 is 0 Å². The van der Waals surface area contributed by atoms with E-state index in [1.54, 1.807) is 84.9 Å². The molecule has 10 nitrogen and oxygen atoms in total. The van der Waals surface area contributed by atoms with Crippen molar-refractivity contribution in [3.05, 3.63) is 119 Å². The third-order valence-corrected chi connectivity index (χ3v) is 7.36. The molecule has 0 saturated heterocycles. The van der Waals surface area contributed by atoms with Gasteiger partial charge in [-0.05, 0) is 37.1 Å². The molecule has 0 saturated carbocycles. The number of aliphatic carboxylic acids is 2. The number of para-hydroxylation sites is 1. The van der Waals surface area contributed by atoms with Crippen molar-refractivity contribution in [1.29, 1.82) is 0 Å². The van der Waals surface area contributed by atoms with Gasteiger partial charge in [0.1, 0.15) is 11.5 Å². The number of anilines is 1. The van der Waals surface area contributed by atoms with Crippen molar-refractivity contribution in [3.63, 3.8) is 0 Å². The first kappa shape index (κ1) is 30.7. The second-order valence-corrected chi connectivity index (χ2v) is 10.4. The number of amides is 1. The standard InChI is InChI=1S/C35H29NO9/c37-31-23-16-9-10-17-24(23)32(38)29-28(31)26(44-19-11-3-8-18-25(34(40)41)35(42)43)20-27(45-22-14-6-2-7-15-22)30(29)36-33(39)21-12-4-1-5-13-21/h1-2,4-7,9-10,12-17,20,25H,3,8,11,18-19H2,(H,36,39)(H,40,41)(H,42,43). The lowest BCUT2D eigenvalue weighted by Gasteiger charge is -2.25. The van der Waals surface area contributed by atoms with Gasteiger partial charge >= 0.3 is 11.9 Å². The molecule has 0 radical (unpaired) electrons. The molecule has 228 valence electrons. The zero-order chi connectivity index (χ0) is 31.9. The van der Waals surface area contributed by atoms with E-state index in [1.165, 1.54) is 6.07 Å². The van der Waals surface area contributed by atoms with Gasteiger partial charge in [0.25, 0.3) is 5.91 Å². The van der Waals surface area contributed by atoms with E-state index in [-0.39, 0.29) is 52.5 Å². The minimum absolute atomic E-state index is 0.0145. The summed E-state index contributed by atoms with van der Waals surface area (Å²) in [6, 6.07) is 25.0. The number of carboxylic acids is 2. The van der Waals surface area contributed by atoms with Gasteiger partial charge in [-0.1, -0.05) is 73.5 Å². The van der Waals surface area contributed by atoms with Crippen molar-refractivity contribution in [2.75, 3.05) is 11.9 Å². The summed E-state index contributed by atoms with van der Waals surface area (Å²) in [7, 11) is 0. The minimum atomic E-state index is -1.49. The number of nitrogens with one attached hydrogen (secondary N) is 1. The molecule has 1 amide bonds. The van der Waals surface area contributed by atoms with Crippen LogP contribution in [0.5, 0.6) is 17.2 Å². The molecule has 0 heterocycles. The summed E-state index contributed by atoms with van der Waals surface area (Å²) in [5.74, 6) is -5.13. The topological polar surface area (TPSA) is 156 Å². The van der Waals surface area contributed by atoms with Crippen LogP contribution in [0, 0.1) is 5.92 Å². The molecule has 0 fully saturated rings. The van der Waals surface area contributed by atoms with Crippen LogP contribution in [0.25, 0.3) is 0 Å². The summed E-state index contributed by atoms with van der Waals surface area (Å²) >= 11 is 0. The Morgan fingerprint density at radius 3 is 1.89 bits per heavy atom. The molecule has 0 spiro atoms. The summed E-state index contributed by atoms with van der Waals surface area (Å²) in [6.07, 6.45) is 1.19. The number of rotatable bonds is 13. The van der Waals surface area contributed by atoms with Crippen LogP contribution in [-0.2, 0) is 9.59 Å². The number of hydrogen-bond acceptors (Lipinski definition) is 7. The van der Waals surface area contributed by atoms with Crippen molar-refractivity contribution in [1.82, 2.24) is 0 Å². The van der Waals surface area contributed by atoms with Crippen molar-refractivity contribution in [2.24, 2.45) is 5.92 Å². The Labute approximate surface area is 258 Å². The van der Waals surface area contributed by atoms with E-state index in [0.717, 1.165) is 0 Å². The van der Waals surface area contributed by atoms with Gasteiger partial charge in [-0.25, -0.2) is 0 Å². The second kappa shape index (κ2) is 13.7. The summed E-state index contributed by atoms with van der Waals surface area (Å²) in [5.41, 5.74) is 0.665. The Morgan fingerprint density at radius 2 is 1.27 bits per heavy atom. The predicted molar refractivity (Wildman–Crippen MR) is 163 cm³/mol. The first-order chi connectivity index (χ1) is 21.8. The van der Waals surface area contributed by atoms with Crippen LogP contribution < -0.4 is 14.8 Å². The Balaban J connectivity index is 1.52. The molecule has 1 aliphatic carbocycles. The number of carbonyl (C=O) groups is 5. The fraction of sp³-hybridized carbons (Fsp3) is 0.171. The molecular formula is C35H29NO9. The molecule has 4 aromatic carbocycles. The molecule has 5 rings (SSSR count). The highest BCUT2D eigenvalue weighted by molar-refractivity contribution is 6.32. The summed E-state index contributed by atoms with van der Waals surface area (Å²) in [6.45, 7) is 0.0842. The lowest BCUT2D eigenvalue weighted by molar-refractivity contribution is -0.154. The number of carboxylic acid groups (broad SMARTS) is 2. The number of benzene rings is 4. The Morgan fingerprint density at radius 1 is 0.689 bits per heavy atom. The first-order valence-corrected chi connectivity index (χ1v) is 14.3. The number of fused-ring (bicyclic) bond motifs is 2. The van der Waals surface area contributed by atoms with Crippen molar-refractivity contribution in [3.8, 4) is 17.2 Å². The number of hydrogen-bond donors (Lipinski definition) is 3. The molecule has 10 heteroatoms. The number of ether oxygens (including phenoxy) is 2. The largest absolute Gasteiger partial charge is 0.493 e. The third kappa shape index (κ3) is 6.75. The van der Waals surface area contributed by atoms with Gasteiger partial charge in [0.2, 0.25) is 0 Å². The average Bonchev–Trinajstić information content (AvgIpc) is 3.04. The van der Waals surface area contributed by atoms with Crippen molar-refractivity contribution in [2.45, 2.75) is 25.7 Å². The monoisotopic (exact) mass is 607 g/mol. The molecule has 0 unspecified atom stereocenters. The maximum Gasteiger partial charge on any atom is 0.317 e. The fourth-order valence-corrected chi connectivity index (χ4v) is 5.11. The van der Waals surface area contributed by atoms with E-state index in [0.29, 0.717) is 30.6 Å². The fourth-order valence-electron chi connectivity index (χ4n) is 5.11. The summed E-state index contributed by atoms with van der Waals surface area (Å²) in [5, 5.41) is 21.0. The normalized spacial score (nSPS) is 11.8. The van der Waals surface area contributed by atoms with Crippen LogP contribution in [-0.4, -0.2) is 46.2 Å². The first-order valence-electron chi connectivity index (χ1n) is 14.3. The van der Waals surface area contributed by atoms with E-state index in [4.69, 9.17) is 19.7 Å². The Hall–Kier alpha value is -5.77. The Kier molecular flexibility index (Phi) is 9.33. The number of ketones is 2. The van der Waals surface area contributed by atoms with Crippen LogP contribution in [0.1, 0.15) is 67.9 Å². The quantitative estimate of drug-likeness (QED) is 0.104. The smallest absolute Gasteiger partial charge is 0.317 e. The highest BCUT2D eigenvalue weighted by Crippen LogP contribution is 2.45. The van der Waals surface area contributed by atoms with Gasteiger partial charge < -0.3 is 25.0 Å². The SMILES string of the molecule is O=C(Nc1c(Oc2ccccc2)cc(OCCCCCC(C(=O)O)C(=O)O)c2c1C(=O)c1ccccc1C2=O)c1ccccc1. The van der Waals surface area contributed by atoms with E-state index in [1.807, 2.05) is 0 Å². The maximum absolute atomic E-state index is 14.0. The Bertz CT molecular complexity index is 1750. The zero-order valence-electron chi connectivity index (χ0n) is 24.0. The molecule has 0 bridgehead atoms. The van der Waals surface area contributed by atoms with Crippen LogP contribution in [0.2, 0.25) is 0 Å². The summed E-state index contributed by atoms with van der Waals surface area (Å²) in [4.78, 5) is 63.6. The molecule has 0 aliphatic heterocycles. The van der Waals surface area contributed by atoms with Gasteiger partial charge in [-0.2, -0.15) is 0 Å². The molecule has 0 aromatic heterocycles. The van der Waals surface area contributed by atoms with Crippen molar-refractivity contribution < 1.29 is 43.7 Å². The molecule has 45 heavy (non-hydrogen) atoms. The van der Waals surface area contributed by atoms with E-state index < -0.39 is 35.3 Å². The van der Waals surface area contributed by atoms with Gasteiger partial charge in [0.05, 0.1) is 23.4 Å². The van der Waals surface area contributed by atoms with Crippen molar-refractivity contribution >= 4 is 35.1 Å². The maximum atomic E-state index is 14.0. The predicted octanol–water partition coefficient (Wildman–Crippen LogP) is 6.23. The molecular weight excluding hydrogens is 578 g/mol. The van der Waals surface area contributed by atoms with Gasteiger partial charge in [0, 0.05) is 22.8 Å². The average molecular weight is 608 g/mol. The summed E-state index contributed by atoms with van der Waals surface area (Å²) < 4.78 is 12.2. The number of carbonyl (C=O) groups excluding carboxylic acids is 3. The highest BCUT2D eigenvalue weighted by Gasteiger charge is 2.37. The van der Waals surface area contributed by atoms with Gasteiger partial charge in [-0.3, -0.25) is 24.0 Å². The molecule has 3 N–H and O–H groups in total. The third-order valence-electron chi connectivity index (χ3n) is 7.36.